The maximum absolute atomic E-state index is 5.55. The van der Waals surface area contributed by atoms with E-state index in [1.54, 1.807) is 14.2 Å². The molecule has 21 heavy (non-hydrogen) atoms. The van der Waals surface area contributed by atoms with Gasteiger partial charge in [-0.2, -0.15) is 0 Å². The predicted molar refractivity (Wildman–Crippen MR) is 85.5 cm³/mol. The van der Waals surface area contributed by atoms with Crippen LogP contribution in [0.3, 0.4) is 0 Å². The molecule has 110 valence electrons. The van der Waals surface area contributed by atoms with Gasteiger partial charge in [0.2, 0.25) is 0 Å². The first-order valence-electron chi connectivity index (χ1n) is 7.31. The van der Waals surface area contributed by atoms with Crippen LogP contribution in [0.5, 0.6) is 11.5 Å². The number of nitrogens with zero attached hydrogens (tertiary/aromatic N) is 1. The molecule has 0 fully saturated rings. The Morgan fingerprint density at radius 3 is 2.29 bits per heavy atom. The quantitative estimate of drug-likeness (QED) is 0.851. The number of anilines is 1. The summed E-state index contributed by atoms with van der Waals surface area (Å²) in [6.07, 6.45) is 1.10. The Hall–Kier alpha value is -2.16. The number of benzene rings is 2. The molecule has 3 rings (SSSR count). The molecule has 0 amide bonds. The molecule has 1 aliphatic rings. The highest BCUT2D eigenvalue weighted by molar-refractivity contribution is 5.61. The highest BCUT2D eigenvalue weighted by atomic mass is 16.5. The van der Waals surface area contributed by atoms with Crippen molar-refractivity contribution >= 4 is 5.69 Å². The maximum Gasteiger partial charge on any atom is 0.127 e. The van der Waals surface area contributed by atoms with Crippen LogP contribution in [0.1, 0.15) is 24.1 Å². The Morgan fingerprint density at radius 1 is 0.952 bits per heavy atom. The molecule has 0 spiro atoms. The number of hydrogen-bond acceptors (Lipinski definition) is 3. The molecule has 0 saturated carbocycles. The summed E-state index contributed by atoms with van der Waals surface area (Å²) in [6.45, 7) is 3.24. The van der Waals surface area contributed by atoms with Crippen LogP contribution >= 0.6 is 0 Å². The third-order valence-corrected chi connectivity index (χ3v) is 4.27. The first kappa shape index (κ1) is 13.8. The molecule has 2 aromatic rings. The van der Waals surface area contributed by atoms with Gasteiger partial charge in [0, 0.05) is 12.2 Å². The summed E-state index contributed by atoms with van der Waals surface area (Å²) in [7, 11) is 3.42. The number of fused-ring (bicyclic) bond motifs is 1. The highest BCUT2D eigenvalue weighted by Crippen LogP contribution is 2.41. The third-order valence-electron chi connectivity index (χ3n) is 4.27. The average Bonchev–Trinajstić information content (AvgIpc) is 2.97. The summed E-state index contributed by atoms with van der Waals surface area (Å²) in [5.41, 5.74) is 3.84. The number of ether oxygens (including phenoxy) is 2. The number of rotatable bonds is 4. The van der Waals surface area contributed by atoms with Crippen LogP contribution < -0.4 is 14.4 Å². The SMILES string of the molecule is COc1cccc(OC)c1C(C)N1CCc2ccccc21. The van der Waals surface area contributed by atoms with Crippen molar-refractivity contribution in [1.82, 2.24) is 0 Å². The zero-order valence-corrected chi connectivity index (χ0v) is 12.8. The van der Waals surface area contributed by atoms with Crippen molar-refractivity contribution in [3.63, 3.8) is 0 Å². The minimum absolute atomic E-state index is 0.208. The van der Waals surface area contributed by atoms with E-state index in [1.807, 2.05) is 18.2 Å². The number of hydrogen-bond donors (Lipinski definition) is 0. The Morgan fingerprint density at radius 2 is 1.62 bits per heavy atom. The van der Waals surface area contributed by atoms with Gasteiger partial charge in [-0.05, 0) is 37.1 Å². The summed E-state index contributed by atoms with van der Waals surface area (Å²) < 4.78 is 11.1. The Kier molecular flexibility index (Phi) is 3.74. The van der Waals surface area contributed by atoms with Crippen LogP contribution in [-0.4, -0.2) is 20.8 Å². The van der Waals surface area contributed by atoms with Crippen molar-refractivity contribution < 1.29 is 9.47 Å². The Labute approximate surface area is 126 Å². The fraction of sp³-hybridized carbons (Fsp3) is 0.333. The average molecular weight is 283 g/mol. The summed E-state index contributed by atoms with van der Waals surface area (Å²) >= 11 is 0. The first-order valence-corrected chi connectivity index (χ1v) is 7.31. The van der Waals surface area contributed by atoms with Crippen LogP contribution in [0, 0.1) is 0 Å². The largest absolute Gasteiger partial charge is 0.496 e. The molecular formula is C18H21NO2. The van der Waals surface area contributed by atoms with Gasteiger partial charge in [-0.15, -0.1) is 0 Å². The molecule has 2 aromatic carbocycles. The van der Waals surface area contributed by atoms with E-state index in [0.717, 1.165) is 30.0 Å². The molecule has 1 atom stereocenters. The standard InChI is InChI=1S/C18H21NO2/c1-13(18-16(20-2)9-6-10-17(18)21-3)19-12-11-14-7-4-5-8-15(14)19/h4-10,13H,11-12H2,1-3H3. The fourth-order valence-corrected chi connectivity index (χ4v) is 3.21. The summed E-state index contributed by atoms with van der Waals surface area (Å²) in [6, 6.07) is 14.8. The van der Waals surface area contributed by atoms with E-state index < -0.39 is 0 Å². The number of para-hydroxylation sites is 1. The van der Waals surface area contributed by atoms with Crippen molar-refractivity contribution in [1.29, 1.82) is 0 Å². The lowest BCUT2D eigenvalue weighted by molar-refractivity contribution is 0.379. The molecule has 0 aliphatic carbocycles. The molecule has 1 unspecified atom stereocenters. The molecule has 0 bridgehead atoms. The summed E-state index contributed by atoms with van der Waals surface area (Å²) in [5, 5.41) is 0. The van der Waals surface area contributed by atoms with Crippen LogP contribution in [0.15, 0.2) is 42.5 Å². The van der Waals surface area contributed by atoms with Crippen LogP contribution in [0.2, 0.25) is 0 Å². The van der Waals surface area contributed by atoms with E-state index in [-0.39, 0.29) is 6.04 Å². The number of methoxy groups -OCH3 is 2. The Balaban J connectivity index is 2.02. The van der Waals surface area contributed by atoms with Gasteiger partial charge in [0.05, 0.1) is 25.8 Å². The maximum atomic E-state index is 5.55. The van der Waals surface area contributed by atoms with E-state index in [2.05, 4.69) is 36.1 Å². The van der Waals surface area contributed by atoms with Crippen LogP contribution in [-0.2, 0) is 6.42 Å². The second kappa shape index (κ2) is 5.68. The lowest BCUT2D eigenvalue weighted by Crippen LogP contribution is -2.25. The highest BCUT2D eigenvalue weighted by Gasteiger charge is 2.27. The molecule has 0 saturated heterocycles. The minimum atomic E-state index is 0.208. The van der Waals surface area contributed by atoms with Crippen molar-refractivity contribution in [2.75, 3.05) is 25.7 Å². The van der Waals surface area contributed by atoms with E-state index in [1.165, 1.54) is 11.3 Å². The smallest absolute Gasteiger partial charge is 0.127 e. The van der Waals surface area contributed by atoms with E-state index in [0.29, 0.717) is 0 Å². The van der Waals surface area contributed by atoms with Crippen LogP contribution in [0.4, 0.5) is 5.69 Å². The van der Waals surface area contributed by atoms with Crippen LogP contribution in [0.25, 0.3) is 0 Å². The molecule has 0 N–H and O–H groups in total. The van der Waals surface area contributed by atoms with Gasteiger partial charge in [0.1, 0.15) is 11.5 Å². The molecule has 0 radical (unpaired) electrons. The summed E-state index contributed by atoms with van der Waals surface area (Å²) in [4.78, 5) is 2.43. The molecule has 0 aromatic heterocycles. The normalized spacial score (nSPS) is 14.7. The minimum Gasteiger partial charge on any atom is -0.496 e. The van der Waals surface area contributed by atoms with E-state index in [4.69, 9.17) is 9.47 Å². The van der Waals surface area contributed by atoms with Gasteiger partial charge in [0.25, 0.3) is 0 Å². The topological polar surface area (TPSA) is 21.7 Å². The Bertz CT molecular complexity index is 617. The van der Waals surface area contributed by atoms with Gasteiger partial charge in [-0.3, -0.25) is 0 Å². The van der Waals surface area contributed by atoms with Gasteiger partial charge in [0.15, 0.2) is 0 Å². The van der Waals surface area contributed by atoms with E-state index >= 15 is 0 Å². The van der Waals surface area contributed by atoms with Crippen molar-refractivity contribution in [3.05, 3.63) is 53.6 Å². The van der Waals surface area contributed by atoms with Crippen molar-refractivity contribution in [3.8, 4) is 11.5 Å². The van der Waals surface area contributed by atoms with Gasteiger partial charge in [-0.1, -0.05) is 24.3 Å². The van der Waals surface area contributed by atoms with Gasteiger partial charge >= 0.3 is 0 Å². The lowest BCUT2D eigenvalue weighted by Gasteiger charge is -2.29. The molecular weight excluding hydrogens is 262 g/mol. The fourth-order valence-electron chi connectivity index (χ4n) is 3.21. The van der Waals surface area contributed by atoms with Crippen molar-refractivity contribution in [2.24, 2.45) is 0 Å². The van der Waals surface area contributed by atoms with Crippen molar-refractivity contribution in [2.45, 2.75) is 19.4 Å². The molecule has 3 heteroatoms. The first-order chi connectivity index (χ1) is 10.3. The monoisotopic (exact) mass is 283 g/mol. The zero-order valence-electron chi connectivity index (χ0n) is 12.8. The third kappa shape index (κ3) is 2.33. The molecule has 1 aliphatic heterocycles. The second-order valence-electron chi connectivity index (χ2n) is 5.32. The van der Waals surface area contributed by atoms with Gasteiger partial charge < -0.3 is 14.4 Å². The molecule has 1 heterocycles. The summed E-state index contributed by atoms with van der Waals surface area (Å²) in [5.74, 6) is 1.76. The second-order valence-corrected chi connectivity index (χ2v) is 5.32. The predicted octanol–water partition coefficient (Wildman–Crippen LogP) is 3.83. The zero-order chi connectivity index (χ0) is 14.8. The molecule has 3 nitrogen and oxygen atoms in total. The van der Waals surface area contributed by atoms with E-state index in [9.17, 15) is 0 Å². The van der Waals surface area contributed by atoms with Gasteiger partial charge in [-0.25, -0.2) is 0 Å². The lowest BCUT2D eigenvalue weighted by atomic mass is 10.0.